The number of aliphatic hydroxyl groups is 1. The van der Waals surface area contributed by atoms with E-state index in [0.29, 0.717) is 5.92 Å². The first-order chi connectivity index (χ1) is 9.30. The molecule has 0 aliphatic carbocycles. The van der Waals surface area contributed by atoms with Crippen LogP contribution in [0.25, 0.3) is 0 Å². The molecule has 0 saturated heterocycles. The Hall–Kier alpha value is -1.55. The number of aliphatic hydroxyl groups excluding tert-OH is 1. The Morgan fingerprint density at radius 1 is 1.30 bits per heavy atom. The fraction of sp³-hybridized carbons (Fsp3) is 0.562. The van der Waals surface area contributed by atoms with Crippen molar-refractivity contribution in [2.24, 2.45) is 5.92 Å². The predicted molar refractivity (Wildman–Crippen MR) is 79.4 cm³/mol. The van der Waals surface area contributed by atoms with E-state index >= 15 is 0 Å². The Bertz CT molecular complexity index is 415. The van der Waals surface area contributed by atoms with E-state index in [0.717, 1.165) is 12.0 Å². The number of nitrogens with one attached hydrogen (secondary N) is 1. The lowest BCUT2D eigenvalue weighted by molar-refractivity contribution is 0.0218. The Morgan fingerprint density at radius 2 is 1.90 bits per heavy atom. The zero-order chi connectivity index (χ0) is 15.2. The zero-order valence-corrected chi connectivity index (χ0v) is 12.7. The zero-order valence-electron chi connectivity index (χ0n) is 12.7. The highest BCUT2D eigenvalue weighted by Gasteiger charge is 2.24. The summed E-state index contributed by atoms with van der Waals surface area (Å²) in [7, 11) is 0. The van der Waals surface area contributed by atoms with E-state index in [1.807, 2.05) is 44.2 Å². The van der Waals surface area contributed by atoms with Crippen LogP contribution < -0.4 is 5.32 Å². The van der Waals surface area contributed by atoms with Gasteiger partial charge in [-0.05, 0) is 31.7 Å². The van der Waals surface area contributed by atoms with Gasteiger partial charge in [0, 0.05) is 0 Å². The van der Waals surface area contributed by atoms with Crippen LogP contribution in [0.3, 0.4) is 0 Å². The van der Waals surface area contributed by atoms with Gasteiger partial charge in [0.05, 0.1) is 12.6 Å². The number of carbonyl (C=O) groups is 1. The minimum absolute atomic E-state index is 0.139. The van der Waals surface area contributed by atoms with Crippen molar-refractivity contribution in [1.29, 1.82) is 0 Å². The quantitative estimate of drug-likeness (QED) is 0.840. The number of carbonyl (C=O) groups excluding carboxylic acids is 1. The first-order valence-electron chi connectivity index (χ1n) is 7.00. The number of amides is 1. The molecule has 4 heteroatoms. The molecular weight excluding hydrogens is 254 g/mol. The Labute approximate surface area is 121 Å². The Morgan fingerprint density at radius 3 is 2.45 bits per heavy atom. The molecule has 20 heavy (non-hydrogen) atoms. The monoisotopic (exact) mass is 279 g/mol. The van der Waals surface area contributed by atoms with Crippen LogP contribution in [0.1, 0.15) is 45.8 Å². The van der Waals surface area contributed by atoms with Crippen LogP contribution in [0, 0.1) is 5.92 Å². The molecule has 4 nitrogen and oxygen atoms in total. The summed E-state index contributed by atoms with van der Waals surface area (Å²) in [6.07, 6.45) is -0.427. The van der Waals surface area contributed by atoms with Gasteiger partial charge in [0.1, 0.15) is 5.60 Å². The van der Waals surface area contributed by atoms with E-state index < -0.39 is 17.8 Å². The van der Waals surface area contributed by atoms with Gasteiger partial charge < -0.3 is 15.2 Å². The molecule has 0 aromatic heterocycles. The SMILES string of the molecule is CC(C)CC(C)(C)OC(=O)NCC(O)c1ccccc1. The van der Waals surface area contributed by atoms with Crippen LogP contribution in [0.5, 0.6) is 0 Å². The molecule has 0 heterocycles. The second-order valence-electron chi connectivity index (χ2n) is 6.05. The summed E-state index contributed by atoms with van der Waals surface area (Å²) < 4.78 is 5.37. The van der Waals surface area contributed by atoms with Crippen molar-refractivity contribution >= 4 is 6.09 Å². The summed E-state index contributed by atoms with van der Waals surface area (Å²) in [6.45, 7) is 8.09. The number of ether oxygens (including phenoxy) is 1. The number of rotatable bonds is 6. The molecule has 1 aromatic rings. The van der Waals surface area contributed by atoms with Gasteiger partial charge in [0.2, 0.25) is 0 Å². The number of alkyl carbamates (subject to hydrolysis) is 1. The van der Waals surface area contributed by atoms with Gasteiger partial charge in [0.15, 0.2) is 0 Å². The Kier molecular flexibility index (Phi) is 6.02. The molecule has 1 atom stereocenters. The summed E-state index contributed by atoms with van der Waals surface area (Å²) >= 11 is 0. The van der Waals surface area contributed by atoms with Gasteiger partial charge in [-0.25, -0.2) is 4.79 Å². The third kappa shape index (κ3) is 6.06. The molecular formula is C16H25NO3. The van der Waals surface area contributed by atoms with Crippen molar-refractivity contribution in [2.45, 2.75) is 45.8 Å². The van der Waals surface area contributed by atoms with Crippen molar-refractivity contribution in [3.8, 4) is 0 Å². The van der Waals surface area contributed by atoms with Gasteiger partial charge in [-0.1, -0.05) is 44.2 Å². The highest BCUT2D eigenvalue weighted by atomic mass is 16.6. The smallest absolute Gasteiger partial charge is 0.407 e. The summed E-state index contributed by atoms with van der Waals surface area (Å²) in [5.41, 5.74) is 0.268. The second kappa shape index (κ2) is 7.29. The molecule has 0 aliphatic heterocycles. The van der Waals surface area contributed by atoms with E-state index in [9.17, 15) is 9.90 Å². The number of hydrogen-bond acceptors (Lipinski definition) is 3. The molecule has 0 saturated carbocycles. The lowest BCUT2D eigenvalue weighted by atomic mass is 9.96. The van der Waals surface area contributed by atoms with E-state index in [2.05, 4.69) is 19.2 Å². The maximum atomic E-state index is 11.7. The van der Waals surface area contributed by atoms with Crippen molar-refractivity contribution in [3.63, 3.8) is 0 Å². The molecule has 0 radical (unpaired) electrons. The third-order valence-electron chi connectivity index (χ3n) is 2.89. The summed E-state index contributed by atoms with van der Waals surface area (Å²) in [6, 6.07) is 9.22. The standard InChI is InChI=1S/C16H25NO3/c1-12(2)10-16(3,4)20-15(19)17-11-14(18)13-8-6-5-7-9-13/h5-9,12,14,18H,10-11H2,1-4H3,(H,17,19). The lowest BCUT2D eigenvalue weighted by Crippen LogP contribution is -2.37. The highest BCUT2D eigenvalue weighted by Crippen LogP contribution is 2.20. The van der Waals surface area contributed by atoms with E-state index in [1.54, 1.807) is 0 Å². The normalized spacial score (nSPS) is 13.1. The highest BCUT2D eigenvalue weighted by molar-refractivity contribution is 5.67. The van der Waals surface area contributed by atoms with Gasteiger partial charge >= 0.3 is 6.09 Å². The summed E-state index contributed by atoms with van der Waals surface area (Å²) in [5, 5.41) is 12.5. The van der Waals surface area contributed by atoms with E-state index in [1.165, 1.54) is 0 Å². The molecule has 1 rings (SSSR count). The maximum absolute atomic E-state index is 11.7. The molecule has 112 valence electrons. The number of hydrogen-bond donors (Lipinski definition) is 2. The van der Waals surface area contributed by atoms with Crippen LogP contribution in [0.15, 0.2) is 30.3 Å². The van der Waals surface area contributed by atoms with Crippen LogP contribution >= 0.6 is 0 Å². The average Bonchev–Trinajstić information content (AvgIpc) is 2.34. The summed E-state index contributed by atoms with van der Waals surface area (Å²) in [5.74, 6) is 0.452. The molecule has 1 aromatic carbocycles. The first kappa shape index (κ1) is 16.5. The molecule has 1 amide bonds. The number of benzene rings is 1. The molecule has 0 aliphatic rings. The largest absolute Gasteiger partial charge is 0.444 e. The second-order valence-corrected chi connectivity index (χ2v) is 6.05. The minimum Gasteiger partial charge on any atom is -0.444 e. The van der Waals surface area contributed by atoms with Crippen molar-refractivity contribution in [3.05, 3.63) is 35.9 Å². The van der Waals surface area contributed by atoms with Crippen molar-refractivity contribution in [2.75, 3.05) is 6.54 Å². The topological polar surface area (TPSA) is 58.6 Å². The van der Waals surface area contributed by atoms with Crippen LogP contribution in [-0.2, 0) is 4.74 Å². The first-order valence-corrected chi connectivity index (χ1v) is 7.00. The maximum Gasteiger partial charge on any atom is 0.407 e. The molecule has 2 N–H and O–H groups in total. The van der Waals surface area contributed by atoms with Gasteiger partial charge in [-0.2, -0.15) is 0 Å². The minimum atomic E-state index is -0.725. The van der Waals surface area contributed by atoms with Crippen LogP contribution in [0.2, 0.25) is 0 Å². The predicted octanol–water partition coefficient (Wildman–Crippen LogP) is 3.27. The molecule has 0 spiro atoms. The lowest BCUT2D eigenvalue weighted by Gasteiger charge is -2.27. The van der Waals surface area contributed by atoms with Gasteiger partial charge in [-0.3, -0.25) is 0 Å². The van der Waals surface area contributed by atoms with Crippen LogP contribution in [0.4, 0.5) is 4.79 Å². The van der Waals surface area contributed by atoms with E-state index in [4.69, 9.17) is 4.74 Å². The van der Waals surface area contributed by atoms with Crippen molar-refractivity contribution in [1.82, 2.24) is 5.32 Å². The van der Waals surface area contributed by atoms with Crippen LogP contribution in [-0.4, -0.2) is 23.3 Å². The molecule has 0 bridgehead atoms. The fourth-order valence-electron chi connectivity index (χ4n) is 2.28. The van der Waals surface area contributed by atoms with E-state index in [-0.39, 0.29) is 6.54 Å². The Balaban J connectivity index is 2.40. The summed E-state index contributed by atoms with van der Waals surface area (Å²) in [4.78, 5) is 11.7. The fourth-order valence-corrected chi connectivity index (χ4v) is 2.28. The molecule has 1 unspecified atom stereocenters. The average molecular weight is 279 g/mol. The third-order valence-corrected chi connectivity index (χ3v) is 2.89. The van der Waals surface area contributed by atoms with Gasteiger partial charge in [0.25, 0.3) is 0 Å². The van der Waals surface area contributed by atoms with Gasteiger partial charge in [-0.15, -0.1) is 0 Å². The molecule has 0 fully saturated rings. The van der Waals surface area contributed by atoms with Crippen molar-refractivity contribution < 1.29 is 14.6 Å².